The van der Waals surface area contributed by atoms with Gasteiger partial charge in [-0.1, -0.05) is 19.1 Å². The molecule has 0 saturated heterocycles. The molecule has 54 valence electrons. The molecule has 0 aromatic heterocycles. The minimum Gasteiger partial charge on any atom is -0.392 e. The van der Waals surface area contributed by atoms with Gasteiger partial charge in [-0.3, -0.25) is 0 Å². The zero-order valence-electron chi connectivity index (χ0n) is 5.84. The molecule has 0 fully saturated rings. The van der Waals surface area contributed by atoms with Gasteiger partial charge in [-0.2, -0.15) is 11.8 Å². The van der Waals surface area contributed by atoms with Gasteiger partial charge in [-0.15, -0.1) is 0 Å². The van der Waals surface area contributed by atoms with Gasteiger partial charge in [0, 0.05) is 5.75 Å². The Morgan fingerprint density at radius 3 is 2.78 bits per heavy atom. The van der Waals surface area contributed by atoms with Gasteiger partial charge in [0.05, 0.1) is 6.61 Å². The largest absolute Gasteiger partial charge is 0.392 e. The average Bonchev–Trinajstić information content (AvgIpc) is 1.89. The van der Waals surface area contributed by atoms with Crippen molar-refractivity contribution in [3.05, 3.63) is 12.2 Å². The van der Waals surface area contributed by atoms with E-state index >= 15 is 0 Å². The molecule has 0 rings (SSSR count). The molecule has 0 aromatic rings. The first kappa shape index (κ1) is 9.05. The summed E-state index contributed by atoms with van der Waals surface area (Å²) in [5, 5.41) is 8.33. The molecule has 0 spiro atoms. The van der Waals surface area contributed by atoms with Crippen LogP contribution in [0.25, 0.3) is 0 Å². The van der Waals surface area contributed by atoms with Crippen molar-refractivity contribution in [2.45, 2.75) is 13.3 Å². The molecule has 0 aliphatic rings. The summed E-state index contributed by atoms with van der Waals surface area (Å²) in [6, 6.07) is 0. The van der Waals surface area contributed by atoms with E-state index in [1.165, 1.54) is 12.2 Å². The van der Waals surface area contributed by atoms with Crippen LogP contribution in [0.3, 0.4) is 0 Å². The molecule has 1 N–H and O–H groups in total. The van der Waals surface area contributed by atoms with Gasteiger partial charge in [0.1, 0.15) is 0 Å². The summed E-state index contributed by atoms with van der Waals surface area (Å²) in [4.78, 5) is 0. The van der Waals surface area contributed by atoms with Crippen LogP contribution in [0, 0.1) is 0 Å². The maximum Gasteiger partial charge on any atom is 0.0612 e. The summed E-state index contributed by atoms with van der Waals surface area (Å²) >= 11 is 1.90. The normalized spacial score (nSPS) is 10.9. The van der Waals surface area contributed by atoms with Gasteiger partial charge in [0.25, 0.3) is 0 Å². The molecule has 0 amide bonds. The van der Waals surface area contributed by atoms with Gasteiger partial charge in [0.15, 0.2) is 0 Å². The lowest BCUT2D eigenvalue weighted by Crippen LogP contribution is -1.77. The summed E-state index contributed by atoms with van der Waals surface area (Å²) in [7, 11) is 0. The van der Waals surface area contributed by atoms with Gasteiger partial charge >= 0.3 is 0 Å². The van der Waals surface area contributed by atoms with Crippen molar-refractivity contribution in [3.63, 3.8) is 0 Å². The van der Waals surface area contributed by atoms with Gasteiger partial charge < -0.3 is 5.11 Å². The average molecular weight is 146 g/mol. The third kappa shape index (κ3) is 8.05. The van der Waals surface area contributed by atoms with E-state index in [-0.39, 0.29) is 6.61 Å². The number of hydrogen-bond acceptors (Lipinski definition) is 2. The van der Waals surface area contributed by atoms with Crippen LogP contribution in [-0.2, 0) is 0 Å². The van der Waals surface area contributed by atoms with Crippen LogP contribution in [0.1, 0.15) is 13.3 Å². The first-order valence-electron chi connectivity index (χ1n) is 3.25. The van der Waals surface area contributed by atoms with Crippen molar-refractivity contribution in [1.29, 1.82) is 0 Å². The van der Waals surface area contributed by atoms with E-state index in [4.69, 9.17) is 5.11 Å². The second kappa shape index (κ2) is 8.05. The van der Waals surface area contributed by atoms with E-state index in [0.717, 1.165) is 5.75 Å². The Morgan fingerprint density at radius 2 is 2.22 bits per heavy atom. The summed E-state index contributed by atoms with van der Waals surface area (Å²) in [5.41, 5.74) is 0. The second-order valence-corrected chi connectivity index (χ2v) is 2.88. The van der Waals surface area contributed by atoms with E-state index in [2.05, 4.69) is 6.92 Å². The Hall–Kier alpha value is 0.0500. The third-order valence-corrected chi connectivity index (χ3v) is 1.96. The van der Waals surface area contributed by atoms with Crippen molar-refractivity contribution >= 4 is 11.8 Å². The summed E-state index contributed by atoms with van der Waals surface area (Å²) in [5.74, 6) is 2.25. The lowest BCUT2D eigenvalue weighted by molar-refractivity contribution is 0.342. The highest BCUT2D eigenvalue weighted by Crippen LogP contribution is 2.00. The highest BCUT2D eigenvalue weighted by molar-refractivity contribution is 7.99. The second-order valence-electron chi connectivity index (χ2n) is 1.73. The number of aliphatic hydroxyl groups is 1. The fraction of sp³-hybridized carbons (Fsp3) is 0.714. The zero-order valence-corrected chi connectivity index (χ0v) is 6.66. The monoisotopic (exact) mass is 146 g/mol. The molecule has 0 aromatic carbocycles. The molecule has 1 nitrogen and oxygen atoms in total. The Balaban J connectivity index is 2.82. The van der Waals surface area contributed by atoms with Crippen LogP contribution in [0.4, 0.5) is 0 Å². The van der Waals surface area contributed by atoms with Crippen LogP contribution < -0.4 is 0 Å². The van der Waals surface area contributed by atoms with Crippen LogP contribution in [0.15, 0.2) is 12.2 Å². The SMILES string of the molecule is CCCSC/C=C/CO. The Kier molecular flexibility index (Phi) is 8.09. The standard InChI is InChI=1S/C7H14OS/c1-2-6-9-7-4-3-5-8/h3-4,8H,2,5-7H2,1H3/b4-3+. The van der Waals surface area contributed by atoms with E-state index in [1.807, 2.05) is 17.8 Å². The van der Waals surface area contributed by atoms with Crippen LogP contribution >= 0.6 is 11.8 Å². The van der Waals surface area contributed by atoms with E-state index in [1.54, 1.807) is 6.08 Å². The minimum absolute atomic E-state index is 0.173. The Bertz CT molecular complexity index is 71.3. The van der Waals surface area contributed by atoms with Crippen molar-refractivity contribution < 1.29 is 5.11 Å². The quantitative estimate of drug-likeness (QED) is 0.470. The molecule has 0 unspecified atom stereocenters. The lowest BCUT2D eigenvalue weighted by atomic mass is 10.6. The summed E-state index contributed by atoms with van der Waals surface area (Å²) in [6.07, 6.45) is 5.01. The number of hydrogen-bond donors (Lipinski definition) is 1. The predicted molar refractivity (Wildman–Crippen MR) is 43.8 cm³/mol. The maximum atomic E-state index is 8.33. The van der Waals surface area contributed by atoms with Crippen LogP contribution in [0.2, 0.25) is 0 Å². The minimum atomic E-state index is 0.173. The van der Waals surface area contributed by atoms with E-state index in [9.17, 15) is 0 Å². The molecule has 0 radical (unpaired) electrons. The lowest BCUT2D eigenvalue weighted by Gasteiger charge is -1.90. The fourth-order valence-corrected chi connectivity index (χ4v) is 1.17. The number of rotatable bonds is 5. The van der Waals surface area contributed by atoms with Crippen LogP contribution in [0.5, 0.6) is 0 Å². The molecule has 0 aliphatic heterocycles. The van der Waals surface area contributed by atoms with Crippen molar-refractivity contribution in [2.24, 2.45) is 0 Å². The maximum absolute atomic E-state index is 8.33. The van der Waals surface area contributed by atoms with Gasteiger partial charge in [-0.05, 0) is 12.2 Å². The van der Waals surface area contributed by atoms with E-state index < -0.39 is 0 Å². The molecule has 0 saturated carbocycles. The summed E-state index contributed by atoms with van der Waals surface area (Å²) in [6.45, 7) is 2.34. The summed E-state index contributed by atoms with van der Waals surface area (Å²) < 4.78 is 0. The molecule has 0 bridgehead atoms. The smallest absolute Gasteiger partial charge is 0.0612 e. The molecule has 9 heavy (non-hydrogen) atoms. The molecule has 0 aliphatic carbocycles. The highest BCUT2D eigenvalue weighted by atomic mass is 32.2. The van der Waals surface area contributed by atoms with Gasteiger partial charge in [-0.25, -0.2) is 0 Å². The molecule has 2 heteroatoms. The predicted octanol–water partition coefficient (Wildman–Crippen LogP) is 1.68. The Labute approximate surface area is 61.2 Å². The number of thioether (sulfide) groups is 1. The number of aliphatic hydroxyl groups excluding tert-OH is 1. The zero-order chi connectivity index (χ0) is 6.95. The molecule has 0 atom stereocenters. The van der Waals surface area contributed by atoms with E-state index in [0.29, 0.717) is 0 Å². The van der Waals surface area contributed by atoms with Crippen molar-refractivity contribution in [3.8, 4) is 0 Å². The molecular weight excluding hydrogens is 132 g/mol. The van der Waals surface area contributed by atoms with Crippen LogP contribution in [-0.4, -0.2) is 23.2 Å². The first-order valence-corrected chi connectivity index (χ1v) is 4.41. The highest BCUT2D eigenvalue weighted by Gasteiger charge is 1.79. The Morgan fingerprint density at radius 1 is 1.44 bits per heavy atom. The van der Waals surface area contributed by atoms with Crippen molar-refractivity contribution in [2.75, 3.05) is 18.1 Å². The molecule has 0 heterocycles. The van der Waals surface area contributed by atoms with Crippen molar-refractivity contribution in [1.82, 2.24) is 0 Å². The topological polar surface area (TPSA) is 20.2 Å². The third-order valence-electron chi connectivity index (χ3n) is 0.835. The fourth-order valence-electron chi connectivity index (χ4n) is 0.438. The first-order chi connectivity index (χ1) is 4.41. The van der Waals surface area contributed by atoms with Gasteiger partial charge in [0.2, 0.25) is 0 Å². The molecular formula is C7H14OS.